The summed E-state index contributed by atoms with van der Waals surface area (Å²) < 4.78 is 32.0. The first-order valence-electron chi connectivity index (χ1n) is 7.89. The maximum Gasteiger partial charge on any atom is 0.405 e. The number of primary amides is 1. The van der Waals surface area contributed by atoms with Gasteiger partial charge in [-0.2, -0.15) is 4.31 Å². The Hall–Kier alpha value is -1.64. The average Bonchev–Trinajstić information content (AvgIpc) is 2.52. The molecule has 1 heterocycles. The molecule has 0 aliphatic carbocycles. The number of nitrogens with one attached hydrogen (secondary N) is 1. The molecule has 1 aliphatic heterocycles. The van der Waals surface area contributed by atoms with E-state index in [1.807, 2.05) is 20.8 Å². The van der Waals surface area contributed by atoms with Gasteiger partial charge in [0, 0.05) is 31.6 Å². The van der Waals surface area contributed by atoms with E-state index in [9.17, 15) is 13.2 Å². The van der Waals surface area contributed by atoms with Crippen molar-refractivity contribution in [1.29, 1.82) is 0 Å². The van der Waals surface area contributed by atoms with Crippen LogP contribution in [-0.2, 0) is 14.8 Å². The standard InChI is InChI=1S/C16H25N3O4S/c1-16(2,3)14(23-15(17)20)12-4-6-13(7-5-12)24(21,22)19-10-8-18-9-11-19/h4-7,14,18H,8-11H2,1-3H3,(H2,17,20). The molecule has 1 unspecified atom stereocenters. The van der Waals surface area contributed by atoms with Crippen LogP contribution in [0.2, 0.25) is 0 Å². The Labute approximate surface area is 143 Å². The number of hydrogen-bond acceptors (Lipinski definition) is 5. The number of benzene rings is 1. The fourth-order valence-corrected chi connectivity index (χ4v) is 4.15. The molecule has 8 heteroatoms. The van der Waals surface area contributed by atoms with Crippen molar-refractivity contribution >= 4 is 16.1 Å². The quantitative estimate of drug-likeness (QED) is 0.851. The van der Waals surface area contributed by atoms with Crippen LogP contribution in [0, 0.1) is 5.41 Å². The summed E-state index contributed by atoms with van der Waals surface area (Å²) in [4.78, 5) is 11.4. The van der Waals surface area contributed by atoms with Crippen LogP contribution in [0.15, 0.2) is 29.2 Å². The van der Waals surface area contributed by atoms with Crippen LogP contribution in [0.1, 0.15) is 32.4 Å². The second-order valence-corrected chi connectivity index (χ2v) is 8.84. The third-order valence-corrected chi connectivity index (χ3v) is 5.83. The molecule has 1 aromatic rings. The molecule has 134 valence electrons. The highest BCUT2D eigenvalue weighted by Gasteiger charge is 2.31. The van der Waals surface area contributed by atoms with Gasteiger partial charge in [-0.05, 0) is 17.7 Å². The molecule has 1 amide bonds. The predicted molar refractivity (Wildman–Crippen MR) is 90.9 cm³/mol. The van der Waals surface area contributed by atoms with Crippen LogP contribution in [0.25, 0.3) is 0 Å². The minimum Gasteiger partial charge on any atom is -0.441 e. The van der Waals surface area contributed by atoms with Crippen LogP contribution >= 0.6 is 0 Å². The van der Waals surface area contributed by atoms with Crippen LogP contribution in [0.4, 0.5) is 4.79 Å². The summed E-state index contributed by atoms with van der Waals surface area (Å²) in [6.45, 7) is 7.98. The number of nitrogens with zero attached hydrogens (tertiary/aromatic N) is 1. The van der Waals surface area contributed by atoms with Crippen molar-refractivity contribution in [2.24, 2.45) is 11.1 Å². The lowest BCUT2D eigenvalue weighted by molar-refractivity contribution is 0.0359. The number of amides is 1. The number of carbonyl (C=O) groups is 1. The normalized spacial score (nSPS) is 18.1. The lowest BCUT2D eigenvalue weighted by Gasteiger charge is -2.30. The molecule has 1 saturated heterocycles. The van der Waals surface area contributed by atoms with Crippen LogP contribution in [0.5, 0.6) is 0 Å². The molecule has 0 spiro atoms. The minimum atomic E-state index is -3.50. The molecular formula is C16H25N3O4S. The fraction of sp³-hybridized carbons (Fsp3) is 0.562. The van der Waals surface area contributed by atoms with Gasteiger partial charge in [-0.15, -0.1) is 0 Å². The topological polar surface area (TPSA) is 102 Å². The molecule has 1 aliphatic rings. The Kier molecular flexibility index (Phi) is 5.52. The van der Waals surface area contributed by atoms with E-state index >= 15 is 0 Å². The van der Waals surface area contributed by atoms with Crippen molar-refractivity contribution in [3.63, 3.8) is 0 Å². The van der Waals surface area contributed by atoms with E-state index < -0.39 is 22.2 Å². The van der Waals surface area contributed by atoms with Gasteiger partial charge in [-0.25, -0.2) is 13.2 Å². The fourth-order valence-electron chi connectivity index (χ4n) is 2.71. The van der Waals surface area contributed by atoms with E-state index in [1.165, 1.54) is 4.31 Å². The number of sulfonamides is 1. The smallest absolute Gasteiger partial charge is 0.405 e. The molecule has 1 fully saturated rings. The third-order valence-electron chi connectivity index (χ3n) is 3.92. The number of hydrogen-bond donors (Lipinski definition) is 2. The van der Waals surface area contributed by atoms with Gasteiger partial charge in [0.1, 0.15) is 6.10 Å². The van der Waals surface area contributed by atoms with Gasteiger partial charge in [0.05, 0.1) is 4.90 Å². The van der Waals surface area contributed by atoms with Crippen molar-refractivity contribution in [1.82, 2.24) is 9.62 Å². The molecule has 0 radical (unpaired) electrons. The Morgan fingerprint density at radius 2 is 1.75 bits per heavy atom. The molecule has 7 nitrogen and oxygen atoms in total. The Morgan fingerprint density at radius 1 is 1.21 bits per heavy atom. The predicted octanol–water partition coefficient (Wildman–Crippen LogP) is 1.46. The average molecular weight is 355 g/mol. The Morgan fingerprint density at radius 3 is 2.21 bits per heavy atom. The highest BCUT2D eigenvalue weighted by molar-refractivity contribution is 7.89. The van der Waals surface area contributed by atoms with Gasteiger partial charge < -0.3 is 15.8 Å². The largest absolute Gasteiger partial charge is 0.441 e. The second-order valence-electron chi connectivity index (χ2n) is 6.91. The molecule has 1 aromatic carbocycles. The summed E-state index contributed by atoms with van der Waals surface area (Å²) in [7, 11) is -3.50. The lowest BCUT2D eigenvalue weighted by Crippen LogP contribution is -2.46. The monoisotopic (exact) mass is 355 g/mol. The molecular weight excluding hydrogens is 330 g/mol. The van der Waals surface area contributed by atoms with Crippen molar-refractivity contribution in [3.05, 3.63) is 29.8 Å². The first-order chi connectivity index (χ1) is 11.1. The van der Waals surface area contributed by atoms with Crippen molar-refractivity contribution in [2.75, 3.05) is 26.2 Å². The molecule has 2 rings (SSSR count). The highest BCUT2D eigenvalue weighted by Crippen LogP contribution is 2.36. The van der Waals surface area contributed by atoms with Crippen LogP contribution in [0.3, 0.4) is 0 Å². The van der Waals surface area contributed by atoms with Gasteiger partial charge >= 0.3 is 6.09 Å². The SMILES string of the molecule is CC(C)(C)C(OC(N)=O)c1ccc(S(=O)(=O)N2CCNCC2)cc1. The maximum absolute atomic E-state index is 12.6. The van der Waals surface area contributed by atoms with Gasteiger partial charge in [0.25, 0.3) is 0 Å². The summed E-state index contributed by atoms with van der Waals surface area (Å²) in [5.41, 5.74) is 5.50. The zero-order valence-corrected chi connectivity index (χ0v) is 15.1. The number of piperazine rings is 1. The second kappa shape index (κ2) is 7.08. The first kappa shape index (κ1) is 18.7. The van der Waals surface area contributed by atoms with Gasteiger partial charge in [0.2, 0.25) is 10.0 Å². The molecule has 1 atom stereocenters. The molecule has 0 bridgehead atoms. The number of carbonyl (C=O) groups excluding carboxylic acids is 1. The zero-order valence-electron chi connectivity index (χ0n) is 14.3. The van der Waals surface area contributed by atoms with E-state index in [1.54, 1.807) is 24.3 Å². The Balaban J connectivity index is 2.27. The number of rotatable bonds is 4. The lowest BCUT2D eigenvalue weighted by atomic mass is 9.84. The van der Waals surface area contributed by atoms with Gasteiger partial charge in [-0.1, -0.05) is 32.9 Å². The van der Waals surface area contributed by atoms with E-state index in [0.29, 0.717) is 31.7 Å². The van der Waals surface area contributed by atoms with Crippen molar-refractivity contribution in [3.8, 4) is 0 Å². The molecule has 24 heavy (non-hydrogen) atoms. The third kappa shape index (κ3) is 4.25. The van der Waals surface area contributed by atoms with Crippen molar-refractivity contribution < 1.29 is 17.9 Å². The van der Waals surface area contributed by atoms with Gasteiger partial charge in [-0.3, -0.25) is 0 Å². The Bertz CT molecular complexity index is 674. The maximum atomic E-state index is 12.6. The van der Waals surface area contributed by atoms with E-state index in [2.05, 4.69) is 5.32 Å². The highest BCUT2D eigenvalue weighted by atomic mass is 32.2. The molecule has 3 N–H and O–H groups in total. The van der Waals surface area contributed by atoms with Crippen LogP contribution < -0.4 is 11.1 Å². The van der Waals surface area contributed by atoms with E-state index in [4.69, 9.17) is 10.5 Å². The van der Waals surface area contributed by atoms with E-state index in [-0.39, 0.29) is 10.3 Å². The summed E-state index contributed by atoms with van der Waals surface area (Å²) in [5, 5.41) is 3.13. The van der Waals surface area contributed by atoms with Gasteiger partial charge in [0.15, 0.2) is 0 Å². The van der Waals surface area contributed by atoms with Crippen molar-refractivity contribution in [2.45, 2.75) is 31.8 Å². The minimum absolute atomic E-state index is 0.236. The summed E-state index contributed by atoms with van der Waals surface area (Å²) in [5.74, 6) is 0. The van der Waals surface area contributed by atoms with E-state index in [0.717, 1.165) is 0 Å². The first-order valence-corrected chi connectivity index (χ1v) is 9.33. The summed E-state index contributed by atoms with van der Waals surface area (Å²) in [6.07, 6.45) is -1.40. The van der Waals surface area contributed by atoms with Crippen LogP contribution in [-0.4, -0.2) is 45.0 Å². The summed E-state index contributed by atoms with van der Waals surface area (Å²) >= 11 is 0. The molecule has 0 saturated carbocycles. The number of ether oxygens (including phenoxy) is 1. The molecule has 0 aromatic heterocycles. The zero-order chi connectivity index (χ0) is 18.0. The summed E-state index contributed by atoms with van der Waals surface area (Å²) in [6, 6.07) is 6.45. The number of nitrogens with two attached hydrogens (primary N) is 1.